The zero-order valence-electron chi connectivity index (χ0n) is 11.3. The molecule has 0 radical (unpaired) electrons. The van der Waals surface area contributed by atoms with Crippen molar-refractivity contribution in [2.75, 3.05) is 18.1 Å². The average Bonchev–Trinajstić information content (AvgIpc) is 2.88. The predicted molar refractivity (Wildman–Crippen MR) is 79.8 cm³/mol. The average molecular weight is 311 g/mol. The molecule has 0 N–H and O–H groups in total. The zero-order valence-corrected chi connectivity index (χ0v) is 12.9. The number of nitrogens with zero attached hydrogens (tertiary/aromatic N) is 4. The molecule has 2 aromatic rings. The highest BCUT2D eigenvalue weighted by Crippen LogP contribution is 2.35. The molecule has 106 valence electrons. The van der Waals surface area contributed by atoms with Gasteiger partial charge >= 0.3 is 6.01 Å². The van der Waals surface area contributed by atoms with Gasteiger partial charge in [-0.25, -0.2) is 0 Å². The monoisotopic (exact) mass is 310 g/mol. The number of fused-ring (bicyclic) bond motifs is 1. The van der Waals surface area contributed by atoms with Gasteiger partial charge in [0.2, 0.25) is 11.2 Å². The van der Waals surface area contributed by atoms with Crippen LogP contribution in [0.25, 0.3) is 0 Å². The van der Waals surface area contributed by atoms with Gasteiger partial charge in [0.25, 0.3) is 0 Å². The number of thiophene rings is 1. The van der Waals surface area contributed by atoms with E-state index in [9.17, 15) is 0 Å². The first-order valence-electron chi connectivity index (χ1n) is 6.56. The van der Waals surface area contributed by atoms with E-state index >= 15 is 0 Å². The van der Waals surface area contributed by atoms with Crippen molar-refractivity contribution in [2.45, 2.75) is 26.3 Å². The quantitative estimate of drug-likeness (QED) is 0.872. The highest BCUT2D eigenvalue weighted by atomic mass is 35.5. The number of ether oxygens (including phenoxy) is 1. The molecule has 1 aliphatic rings. The summed E-state index contributed by atoms with van der Waals surface area (Å²) < 4.78 is 5.34. The summed E-state index contributed by atoms with van der Waals surface area (Å²) >= 11 is 7.78. The largest absolute Gasteiger partial charge is 0.464 e. The minimum Gasteiger partial charge on any atom is -0.464 e. The minimum absolute atomic E-state index is 0.168. The lowest BCUT2D eigenvalue weighted by Gasteiger charge is -2.33. The first-order chi connectivity index (χ1) is 9.69. The second kappa shape index (κ2) is 5.54. The van der Waals surface area contributed by atoms with E-state index in [2.05, 4.69) is 38.2 Å². The number of hydrogen-bond donors (Lipinski definition) is 0. The maximum absolute atomic E-state index is 5.96. The van der Waals surface area contributed by atoms with E-state index in [1.165, 1.54) is 10.4 Å². The molecule has 3 heterocycles. The Bertz CT molecular complexity index is 618. The van der Waals surface area contributed by atoms with Crippen LogP contribution in [-0.4, -0.2) is 28.1 Å². The van der Waals surface area contributed by atoms with Crippen LogP contribution in [0.3, 0.4) is 0 Å². The van der Waals surface area contributed by atoms with E-state index in [1.54, 1.807) is 0 Å². The lowest BCUT2D eigenvalue weighted by molar-refractivity contribution is 0.311. The molecule has 2 aromatic heterocycles. The van der Waals surface area contributed by atoms with E-state index in [0.717, 1.165) is 13.0 Å². The van der Waals surface area contributed by atoms with Crippen LogP contribution in [0.15, 0.2) is 11.4 Å². The molecule has 1 atom stereocenters. The summed E-state index contributed by atoms with van der Waals surface area (Å²) in [5, 5.41) is 2.30. The summed E-state index contributed by atoms with van der Waals surface area (Å²) in [4.78, 5) is 16.2. The fourth-order valence-corrected chi connectivity index (χ4v) is 3.54. The standard InChI is InChI=1S/C13H15ClN4OS/c1-3-19-13-16-11(14)15-12(17-13)18-6-4-10-9(8(18)2)5-7-20-10/h5,7-8H,3-4,6H2,1-2H3. The molecule has 7 heteroatoms. The molecule has 20 heavy (non-hydrogen) atoms. The van der Waals surface area contributed by atoms with Crippen LogP contribution in [0, 0.1) is 0 Å². The topological polar surface area (TPSA) is 51.1 Å². The van der Waals surface area contributed by atoms with Crippen molar-refractivity contribution >= 4 is 28.9 Å². The number of anilines is 1. The molecule has 0 aromatic carbocycles. The van der Waals surface area contributed by atoms with E-state index in [4.69, 9.17) is 16.3 Å². The summed E-state index contributed by atoms with van der Waals surface area (Å²) in [5.74, 6) is 0.581. The fourth-order valence-electron chi connectivity index (χ4n) is 2.43. The van der Waals surface area contributed by atoms with Crippen LogP contribution in [0.2, 0.25) is 5.28 Å². The van der Waals surface area contributed by atoms with Gasteiger partial charge in [0.15, 0.2) is 0 Å². The Morgan fingerprint density at radius 2 is 2.30 bits per heavy atom. The lowest BCUT2D eigenvalue weighted by Crippen LogP contribution is -2.34. The van der Waals surface area contributed by atoms with Crippen molar-refractivity contribution in [2.24, 2.45) is 0 Å². The maximum atomic E-state index is 5.96. The Hall–Kier alpha value is -1.40. The molecule has 0 bridgehead atoms. The summed E-state index contributed by atoms with van der Waals surface area (Å²) in [5.41, 5.74) is 1.34. The molecule has 0 fully saturated rings. The second-order valence-electron chi connectivity index (χ2n) is 4.54. The normalized spacial score (nSPS) is 17.9. The van der Waals surface area contributed by atoms with Gasteiger partial charge in [-0.2, -0.15) is 15.0 Å². The van der Waals surface area contributed by atoms with Crippen LogP contribution >= 0.6 is 22.9 Å². The fraction of sp³-hybridized carbons (Fsp3) is 0.462. The third kappa shape index (κ3) is 2.45. The predicted octanol–water partition coefficient (Wildman–Crippen LogP) is 3.11. The van der Waals surface area contributed by atoms with Crippen molar-refractivity contribution in [3.63, 3.8) is 0 Å². The Morgan fingerprint density at radius 3 is 3.10 bits per heavy atom. The van der Waals surface area contributed by atoms with Gasteiger partial charge in [0.1, 0.15) is 0 Å². The third-order valence-corrected chi connectivity index (χ3v) is 4.55. The van der Waals surface area contributed by atoms with Crippen LogP contribution in [-0.2, 0) is 6.42 Å². The van der Waals surface area contributed by atoms with Crippen LogP contribution in [0.1, 0.15) is 30.3 Å². The molecular formula is C13H15ClN4OS. The van der Waals surface area contributed by atoms with E-state index in [0.29, 0.717) is 12.6 Å². The Balaban J connectivity index is 1.93. The summed E-state index contributed by atoms with van der Waals surface area (Å²) in [6.45, 7) is 5.42. The van der Waals surface area contributed by atoms with Gasteiger partial charge in [0, 0.05) is 11.4 Å². The van der Waals surface area contributed by atoms with Crippen LogP contribution in [0.5, 0.6) is 6.01 Å². The molecule has 0 saturated carbocycles. The second-order valence-corrected chi connectivity index (χ2v) is 5.88. The number of halogens is 1. The Kier molecular flexibility index (Phi) is 3.76. The van der Waals surface area contributed by atoms with Crippen molar-refractivity contribution in [1.29, 1.82) is 0 Å². The summed E-state index contributed by atoms with van der Waals surface area (Å²) in [6, 6.07) is 2.69. The Labute approximate surface area is 126 Å². The third-order valence-electron chi connectivity index (χ3n) is 3.38. The number of hydrogen-bond acceptors (Lipinski definition) is 6. The molecule has 5 nitrogen and oxygen atoms in total. The van der Waals surface area contributed by atoms with Crippen molar-refractivity contribution in [3.8, 4) is 6.01 Å². The van der Waals surface area contributed by atoms with Gasteiger partial charge in [-0.3, -0.25) is 0 Å². The van der Waals surface area contributed by atoms with E-state index in [-0.39, 0.29) is 17.3 Å². The SMILES string of the molecule is CCOc1nc(Cl)nc(N2CCc3sccc3C2C)n1. The van der Waals surface area contributed by atoms with E-state index < -0.39 is 0 Å². The maximum Gasteiger partial charge on any atom is 0.322 e. The number of rotatable bonds is 3. The van der Waals surface area contributed by atoms with Crippen molar-refractivity contribution in [3.05, 3.63) is 27.2 Å². The smallest absolute Gasteiger partial charge is 0.322 e. The molecular weight excluding hydrogens is 296 g/mol. The molecule has 0 spiro atoms. The van der Waals surface area contributed by atoms with Gasteiger partial charge in [-0.1, -0.05) is 0 Å². The van der Waals surface area contributed by atoms with E-state index in [1.807, 2.05) is 18.3 Å². The van der Waals surface area contributed by atoms with Gasteiger partial charge in [-0.15, -0.1) is 11.3 Å². The lowest BCUT2D eigenvalue weighted by atomic mass is 10.0. The molecule has 0 amide bonds. The summed E-state index contributed by atoms with van der Waals surface area (Å²) in [6.07, 6.45) is 1.00. The van der Waals surface area contributed by atoms with Crippen molar-refractivity contribution in [1.82, 2.24) is 15.0 Å². The van der Waals surface area contributed by atoms with Gasteiger partial charge in [-0.05, 0) is 48.9 Å². The highest BCUT2D eigenvalue weighted by molar-refractivity contribution is 7.10. The highest BCUT2D eigenvalue weighted by Gasteiger charge is 2.27. The minimum atomic E-state index is 0.168. The molecule has 1 aliphatic heterocycles. The zero-order chi connectivity index (χ0) is 14.1. The molecule has 1 unspecified atom stereocenters. The summed E-state index contributed by atoms with van der Waals surface area (Å²) in [7, 11) is 0. The first kappa shape index (κ1) is 13.6. The van der Waals surface area contributed by atoms with Crippen molar-refractivity contribution < 1.29 is 4.74 Å². The molecule has 3 rings (SSSR count). The van der Waals surface area contributed by atoms with Gasteiger partial charge in [0.05, 0.1) is 12.6 Å². The van der Waals surface area contributed by atoms with Crippen LogP contribution < -0.4 is 9.64 Å². The van der Waals surface area contributed by atoms with Crippen LogP contribution in [0.4, 0.5) is 5.95 Å². The number of aromatic nitrogens is 3. The first-order valence-corrected chi connectivity index (χ1v) is 7.82. The van der Waals surface area contributed by atoms with Gasteiger partial charge < -0.3 is 9.64 Å². The molecule has 0 saturated heterocycles. The molecule has 0 aliphatic carbocycles. The Morgan fingerprint density at radius 1 is 1.45 bits per heavy atom.